The van der Waals surface area contributed by atoms with Crippen LogP contribution in [0.4, 0.5) is 0 Å². The van der Waals surface area contributed by atoms with Gasteiger partial charge in [0, 0.05) is 58.0 Å². The van der Waals surface area contributed by atoms with Gasteiger partial charge >= 0.3 is 0 Å². The molecule has 5 aromatic heterocycles. The molecule has 1 aliphatic carbocycles. The summed E-state index contributed by atoms with van der Waals surface area (Å²) in [6, 6.07) is 40.8. The standard InChI is InChI=1S/C60H62N8/c1-36-24-45(35-61-36)54-21-14-39(32-62-54)48-12-10-11-13-49(48)42-27-43(50-19-17-46(59(4,5)6)30-52(50)40-15-22-55(63-33-40)57-25-37(2)65-67-57)29-44(28-42)51-20-18-47(60(7,8)9)31-53(51)41-16-23-56(64-34-41)58-26-38(3)66-68-58/h10-26,30-34,42-44H,27-29,35H2,1-9H3,(H,65,67)(H,66,68). The summed E-state index contributed by atoms with van der Waals surface area (Å²) in [5.41, 5.74) is 22.5. The van der Waals surface area contributed by atoms with Crippen molar-refractivity contribution < 1.29 is 0 Å². The second kappa shape index (κ2) is 17.9. The largest absolute Gasteiger partial charge is 0.285 e. The van der Waals surface area contributed by atoms with Gasteiger partial charge in [-0.1, -0.05) is 120 Å². The SMILES string of the molecule is CC1=NCC(c2ccc(-c3ccccc3C3CC(c4ccc(C(C)(C)C)cc4-c4ccc(-c5cc(C)[nH]n5)nc4)CC(c4ccc(C(C)(C)C)cc4-c4ccc(-c5cc(C)[nH]n5)nc4)C3)cn2)=C1. The lowest BCUT2D eigenvalue weighted by Gasteiger charge is -2.38. The summed E-state index contributed by atoms with van der Waals surface area (Å²) in [5, 5.41) is 15.2. The Bertz CT molecular complexity index is 3020. The number of aryl methyl sites for hydroxylation is 2. The minimum absolute atomic E-state index is 0.0309. The first kappa shape index (κ1) is 44.8. The summed E-state index contributed by atoms with van der Waals surface area (Å²) in [5.74, 6) is 0.766. The number of aromatic amines is 2. The predicted molar refractivity (Wildman–Crippen MR) is 279 cm³/mol. The average Bonchev–Trinajstić information content (AvgIpc) is 4.11. The lowest BCUT2D eigenvalue weighted by Crippen LogP contribution is -2.22. The fourth-order valence-corrected chi connectivity index (χ4v) is 10.4. The Morgan fingerprint density at radius 3 is 1.29 bits per heavy atom. The molecule has 2 atom stereocenters. The highest BCUT2D eigenvalue weighted by Crippen LogP contribution is 2.53. The molecule has 1 fully saturated rings. The molecule has 8 nitrogen and oxygen atoms in total. The van der Waals surface area contributed by atoms with Crippen LogP contribution in [-0.4, -0.2) is 47.6 Å². The van der Waals surface area contributed by atoms with Gasteiger partial charge in [0.15, 0.2) is 0 Å². The molecule has 1 aliphatic heterocycles. The Hall–Kier alpha value is -7.06. The lowest BCUT2D eigenvalue weighted by atomic mass is 9.66. The minimum atomic E-state index is -0.0309. The van der Waals surface area contributed by atoms with Crippen LogP contribution in [0.25, 0.3) is 61.7 Å². The van der Waals surface area contributed by atoms with Crippen molar-refractivity contribution in [1.29, 1.82) is 0 Å². The third-order valence-corrected chi connectivity index (χ3v) is 14.2. The molecule has 0 amide bonds. The molecule has 68 heavy (non-hydrogen) atoms. The minimum Gasteiger partial charge on any atom is -0.285 e. The Balaban J connectivity index is 1.10. The monoisotopic (exact) mass is 895 g/mol. The zero-order chi connectivity index (χ0) is 47.3. The van der Waals surface area contributed by atoms with E-state index in [9.17, 15) is 0 Å². The van der Waals surface area contributed by atoms with Gasteiger partial charge in [-0.25, -0.2) is 0 Å². The van der Waals surface area contributed by atoms with Gasteiger partial charge in [0.25, 0.3) is 0 Å². The number of benzene rings is 3. The Kier molecular flexibility index (Phi) is 11.8. The molecule has 3 aromatic carbocycles. The van der Waals surface area contributed by atoms with E-state index in [0.29, 0.717) is 6.54 Å². The van der Waals surface area contributed by atoms with Crippen LogP contribution in [0, 0.1) is 13.8 Å². The molecule has 0 spiro atoms. The molecule has 6 heterocycles. The van der Waals surface area contributed by atoms with Crippen molar-refractivity contribution in [3.63, 3.8) is 0 Å². The van der Waals surface area contributed by atoms with Gasteiger partial charge in [0.1, 0.15) is 11.4 Å². The average molecular weight is 895 g/mol. The van der Waals surface area contributed by atoms with E-state index in [4.69, 9.17) is 15.0 Å². The van der Waals surface area contributed by atoms with Crippen LogP contribution >= 0.6 is 0 Å². The van der Waals surface area contributed by atoms with Gasteiger partial charge in [0.2, 0.25) is 0 Å². The molecular weight excluding hydrogens is 833 g/mol. The van der Waals surface area contributed by atoms with Crippen LogP contribution in [-0.2, 0) is 10.8 Å². The number of aliphatic imine (C=N–C) groups is 1. The fraction of sp³-hybridized carbons (Fsp3) is 0.300. The maximum absolute atomic E-state index is 5.02. The number of rotatable bonds is 9. The number of aromatic nitrogens is 7. The van der Waals surface area contributed by atoms with Crippen molar-refractivity contribution >= 4 is 11.3 Å². The summed E-state index contributed by atoms with van der Waals surface area (Å²) in [4.78, 5) is 19.6. The first-order valence-corrected chi connectivity index (χ1v) is 24.2. The molecule has 0 radical (unpaired) electrons. The van der Waals surface area contributed by atoms with E-state index in [2.05, 4.69) is 183 Å². The summed E-state index contributed by atoms with van der Waals surface area (Å²) in [7, 11) is 0. The Labute approximate surface area is 401 Å². The van der Waals surface area contributed by atoms with Crippen molar-refractivity contribution in [2.45, 2.75) is 110 Å². The van der Waals surface area contributed by atoms with Gasteiger partial charge in [-0.2, -0.15) is 10.2 Å². The van der Waals surface area contributed by atoms with E-state index in [1.165, 1.54) is 50.1 Å². The normalized spacial score (nSPS) is 17.6. The van der Waals surface area contributed by atoms with Gasteiger partial charge in [-0.05, 0) is 150 Å². The molecule has 8 heteroatoms. The maximum Gasteiger partial charge on any atom is 0.111 e. The van der Waals surface area contributed by atoms with E-state index in [0.717, 1.165) is 81.5 Å². The van der Waals surface area contributed by atoms with Gasteiger partial charge < -0.3 is 0 Å². The zero-order valence-electron chi connectivity index (χ0n) is 40.9. The van der Waals surface area contributed by atoms with E-state index in [1.54, 1.807) is 0 Å². The first-order chi connectivity index (χ1) is 32.6. The third-order valence-electron chi connectivity index (χ3n) is 14.2. The number of allylic oxidation sites excluding steroid dienone is 1. The molecule has 2 aliphatic rings. The smallest absolute Gasteiger partial charge is 0.111 e. The topological polar surface area (TPSA) is 108 Å². The van der Waals surface area contributed by atoms with Gasteiger partial charge in [-0.15, -0.1) is 0 Å². The molecule has 342 valence electrons. The van der Waals surface area contributed by atoms with E-state index in [1.807, 2.05) is 38.4 Å². The number of nitrogens with zero attached hydrogens (tertiary/aromatic N) is 6. The molecular formula is C60H62N8. The summed E-state index contributed by atoms with van der Waals surface area (Å²) in [6.45, 7) is 20.6. The van der Waals surface area contributed by atoms with E-state index >= 15 is 0 Å². The van der Waals surface area contributed by atoms with Crippen LogP contribution in [0.1, 0.15) is 130 Å². The summed E-state index contributed by atoms with van der Waals surface area (Å²) >= 11 is 0. The van der Waals surface area contributed by atoms with Crippen molar-refractivity contribution in [2.24, 2.45) is 4.99 Å². The maximum atomic E-state index is 5.02. The number of hydrogen-bond donors (Lipinski definition) is 2. The molecule has 8 aromatic rings. The van der Waals surface area contributed by atoms with Crippen molar-refractivity contribution in [3.8, 4) is 56.2 Å². The number of nitrogens with one attached hydrogen (secondary N) is 2. The zero-order valence-corrected chi connectivity index (χ0v) is 40.9. The molecule has 0 saturated heterocycles. The molecule has 0 bridgehead atoms. The Morgan fingerprint density at radius 1 is 0.456 bits per heavy atom. The van der Waals surface area contributed by atoms with Crippen molar-refractivity contribution in [1.82, 2.24) is 35.3 Å². The van der Waals surface area contributed by atoms with Crippen LogP contribution < -0.4 is 0 Å². The highest BCUT2D eigenvalue weighted by molar-refractivity contribution is 6.02. The highest BCUT2D eigenvalue weighted by atomic mass is 15.1. The van der Waals surface area contributed by atoms with Crippen LogP contribution in [0.2, 0.25) is 0 Å². The second-order valence-corrected chi connectivity index (χ2v) is 21.3. The molecule has 2 N–H and O–H groups in total. The van der Waals surface area contributed by atoms with Crippen molar-refractivity contribution in [3.05, 3.63) is 179 Å². The van der Waals surface area contributed by atoms with Gasteiger partial charge in [-0.3, -0.25) is 30.1 Å². The van der Waals surface area contributed by atoms with Crippen molar-refractivity contribution in [2.75, 3.05) is 6.54 Å². The number of H-pyrrole nitrogens is 2. The molecule has 1 saturated carbocycles. The number of hydrogen-bond acceptors (Lipinski definition) is 6. The summed E-state index contributed by atoms with van der Waals surface area (Å²) in [6.07, 6.45) is 11.3. The number of pyridine rings is 3. The van der Waals surface area contributed by atoms with Crippen LogP contribution in [0.5, 0.6) is 0 Å². The first-order valence-electron chi connectivity index (χ1n) is 24.2. The highest BCUT2D eigenvalue weighted by Gasteiger charge is 2.36. The fourth-order valence-electron chi connectivity index (χ4n) is 10.4. The van der Waals surface area contributed by atoms with Gasteiger partial charge in [0.05, 0.1) is 23.6 Å². The van der Waals surface area contributed by atoms with Crippen LogP contribution in [0.3, 0.4) is 0 Å². The molecule has 2 unspecified atom stereocenters. The third kappa shape index (κ3) is 9.16. The predicted octanol–water partition coefficient (Wildman–Crippen LogP) is 14.6. The quantitative estimate of drug-likeness (QED) is 0.150. The van der Waals surface area contributed by atoms with E-state index < -0.39 is 0 Å². The molecule has 10 rings (SSSR count). The van der Waals surface area contributed by atoms with E-state index in [-0.39, 0.29) is 28.6 Å². The van der Waals surface area contributed by atoms with Crippen LogP contribution in [0.15, 0.2) is 139 Å². The lowest BCUT2D eigenvalue weighted by molar-refractivity contribution is 0.352. The second-order valence-electron chi connectivity index (χ2n) is 21.3. The Morgan fingerprint density at radius 2 is 0.897 bits per heavy atom. The summed E-state index contributed by atoms with van der Waals surface area (Å²) < 4.78 is 0.